The van der Waals surface area contributed by atoms with E-state index < -0.39 is 12.0 Å². The number of hydrogen-bond donors (Lipinski definition) is 1. The average Bonchev–Trinajstić information content (AvgIpc) is 3.38. The van der Waals surface area contributed by atoms with Gasteiger partial charge in [0, 0.05) is 11.8 Å². The van der Waals surface area contributed by atoms with Gasteiger partial charge in [0.25, 0.3) is 0 Å². The molecule has 8 nitrogen and oxygen atoms in total. The first-order chi connectivity index (χ1) is 14.6. The minimum Gasteiger partial charge on any atom is -0.493 e. The first-order valence-electron chi connectivity index (χ1n) is 9.65. The van der Waals surface area contributed by atoms with Crippen LogP contribution in [0.4, 0.5) is 0 Å². The molecular weight excluding hydrogens is 392 g/mol. The number of hydrogen-bond acceptors (Lipinski definition) is 8. The molecule has 2 aromatic rings. The van der Waals surface area contributed by atoms with Crippen molar-refractivity contribution in [3.8, 4) is 28.7 Å². The molecule has 0 bridgehead atoms. The Hall–Kier alpha value is -3.13. The first kappa shape index (κ1) is 18.9. The Morgan fingerprint density at radius 2 is 1.53 bits per heavy atom. The van der Waals surface area contributed by atoms with E-state index in [4.69, 9.17) is 28.4 Å². The number of benzene rings is 2. The third kappa shape index (κ3) is 2.60. The molecule has 158 valence electrons. The Bertz CT molecular complexity index is 991. The van der Waals surface area contributed by atoms with E-state index in [1.807, 2.05) is 18.2 Å². The second kappa shape index (κ2) is 6.98. The highest BCUT2D eigenvalue weighted by atomic mass is 16.7. The SMILES string of the molecule is COc1cc([C@@H]2c3cc4c(cc3[C@H](O)[C@@H]3COC(=O)[C@@H]23)OCO4)cc(OC)c1OC. The van der Waals surface area contributed by atoms with Crippen LogP contribution in [-0.2, 0) is 9.53 Å². The summed E-state index contributed by atoms with van der Waals surface area (Å²) >= 11 is 0. The lowest BCUT2D eigenvalue weighted by Gasteiger charge is -2.37. The van der Waals surface area contributed by atoms with Gasteiger partial charge in [-0.3, -0.25) is 4.79 Å². The van der Waals surface area contributed by atoms with E-state index in [0.717, 1.165) is 11.1 Å². The van der Waals surface area contributed by atoms with E-state index in [-0.39, 0.29) is 31.2 Å². The van der Waals surface area contributed by atoms with Gasteiger partial charge in [0.2, 0.25) is 12.5 Å². The lowest BCUT2D eigenvalue weighted by molar-refractivity contribution is -0.141. The molecule has 3 aliphatic rings. The minimum absolute atomic E-state index is 0.123. The summed E-state index contributed by atoms with van der Waals surface area (Å²) in [7, 11) is 4.63. The largest absolute Gasteiger partial charge is 0.493 e. The molecule has 2 aliphatic heterocycles. The van der Waals surface area contributed by atoms with Crippen molar-refractivity contribution in [1.82, 2.24) is 0 Å². The average molecular weight is 414 g/mol. The molecular formula is C22H22O8. The Balaban J connectivity index is 1.74. The van der Waals surface area contributed by atoms with Gasteiger partial charge in [-0.2, -0.15) is 0 Å². The fraction of sp³-hybridized carbons (Fsp3) is 0.409. The molecule has 1 aliphatic carbocycles. The minimum atomic E-state index is -0.843. The van der Waals surface area contributed by atoms with Gasteiger partial charge in [0.15, 0.2) is 23.0 Å². The highest BCUT2D eigenvalue weighted by Gasteiger charge is 2.52. The number of aliphatic hydroxyl groups is 1. The highest BCUT2D eigenvalue weighted by molar-refractivity contribution is 5.79. The van der Waals surface area contributed by atoms with E-state index in [1.54, 1.807) is 20.3 Å². The molecule has 1 saturated heterocycles. The summed E-state index contributed by atoms with van der Waals surface area (Å²) < 4.78 is 32.9. The van der Waals surface area contributed by atoms with Crippen molar-refractivity contribution in [3.05, 3.63) is 41.0 Å². The zero-order valence-electron chi connectivity index (χ0n) is 16.8. The number of carbonyl (C=O) groups is 1. The quantitative estimate of drug-likeness (QED) is 0.763. The fourth-order valence-corrected chi connectivity index (χ4v) is 4.81. The molecule has 8 heteroatoms. The van der Waals surface area contributed by atoms with Crippen LogP contribution in [0.15, 0.2) is 24.3 Å². The van der Waals surface area contributed by atoms with Gasteiger partial charge < -0.3 is 33.5 Å². The van der Waals surface area contributed by atoms with Crippen molar-refractivity contribution in [3.63, 3.8) is 0 Å². The highest BCUT2D eigenvalue weighted by Crippen LogP contribution is 2.55. The van der Waals surface area contributed by atoms with Crippen molar-refractivity contribution in [2.75, 3.05) is 34.7 Å². The van der Waals surface area contributed by atoms with Gasteiger partial charge in [-0.1, -0.05) is 0 Å². The number of carbonyl (C=O) groups excluding carboxylic acids is 1. The van der Waals surface area contributed by atoms with Gasteiger partial charge in [-0.05, 0) is 41.0 Å². The molecule has 0 spiro atoms. The Morgan fingerprint density at radius 3 is 2.13 bits per heavy atom. The van der Waals surface area contributed by atoms with Crippen molar-refractivity contribution < 1.29 is 38.3 Å². The standard InChI is InChI=1S/C22H22O8/c1-25-16-4-10(5-17(26-2)21(16)27-3)18-11-6-14-15(30-9-29-14)7-12(11)20(23)13-8-28-22(24)19(13)18/h4-7,13,18-20,23H,8-9H2,1-3H3/t13-,18-,19-,20+/m1/s1. The lowest BCUT2D eigenvalue weighted by atomic mass is 9.66. The third-order valence-corrected chi connectivity index (χ3v) is 6.19. The molecule has 1 N–H and O–H groups in total. The van der Waals surface area contributed by atoms with Gasteiger partial charge in [-0.15, -0.1) is 0 Å². The number of methoxy groups -OCH3 is 3. The second-order valence-corrected chi connectivity index (χ2v) is 7.54. The van der Waals surface area contributed by atoms with Crippen LogP contribution in [0.25, 0.3) is 0 Å². The monoisotopic (exact) mass is 414 g/mol. The van der Waals surface area contributed by atoms with E-state index in [9.17, 15) is 9.90 Å². The molecule has 5 rings (SSSR count). The second-order valence-electron chi connectivity index (χ2n) is 7.54. The Morgan fingerprint density at radius 1 is 0.900 bits per heavy atom. The molecule has 0 amide bonds. The summed E-state index contributed by atoms with van der Waals surface area (Å²) in [5.41, 5.74) is 2.30. The molecule has 30 heavy (non-hydrogen) atoms. The summed E-state index contributed by atoms with van der Waals surface area (Å²) in [6, 6.07) is 7.31. The summed E-state index contributed by atoms with van der Waals surface area (Å²) in [6.07, 6.45) is -0.843. The molecule has 0 radical (unpaired) electrons. The van der Waals surface area contributed by atoms with Crippen molar-refractivity contribution in [2.45, 2.75) is 12.0 Å². The summed E-state index contributed by atoms with van der Waals surface area (Å²) in [4.78, 5) is 12.7. The molecule has 1 fully saturated rings. The van der Waals surface area contributed by atoms with E-state index >= 15 is 0 Å². The van der Waals surface area contributed by atoms with Crippen LogP contribution < -0.4 is 23.7 Å². The smallest absolute Gasteiger partial charge is 0.310 e. The van der Waals surface area contributed by atoms with Gasteiger partial charge in [-0.25, -0.2) is 0 Å². The summed E-state index contributed by atoms with van der Waals surface area (Å²) in [5, 5.41) is 11.0. The zero-order valence-corrected chi connectivity index (χ0v) is 16.8. The van der Waals surface area contributed by atoms with E-state index in [2.05, 4.69) is 0 Å². The van der Waals surface area contributed by atoms with Crippen LogP contribution in [0.2, 0.25) is 0 Å². The number of cyclic esters (lactones) is 1. The molecule has 4 atom stereocenters. The predicted octanol–water partition coefficient (Wildman–Crippen LogP) is 2.41. The van der Waals surface area contributed by atoms with Crippen LogP contribution in [-0.4, -0.2) is 45.8 Å². The Labute approximate surface area is 173 Å². The molecule has 0 aromatic heterocycles. The van der Waals surface area contributed by atoms with Crippen LogP contribution in [0.3, 0.4) is 0 Å². The number of aliphatic hydroxyl groups excluding tert-OH is 1. The fourth-order valence-electron chi connectivity index (χ4n) is 4.81. The molecule has 2 heterocycles. The number of rotatable bonds is 4. The van der Waals surface area contributed by atoms with Crippen LogP contribution in [0.5, 0.6) is 28.7 Å². The van der Waals surface area contributed by atoms with Crippen molar-refractivity contribution in [1.29, 1.82) is 0 Å². The van der Waals surface area contributed by atoms with Gasteiger partial charge >= 0.3 is 5.97 Å². The maximum Gasteiger partial charge on any atom is 0.310 e. The number of esters is 1. The summed E-state index contributed by atoms with van der Waals surface area (Å²) in [6.45, 7) is 0.289. The van der Waals surface area contributed by atoms with Crippen LogP contribution in [0, 0.1) is 11.8 Å². The number of fused-ring (bicyclic) bond motifs is 3. The predicted molar refractivity (Wildman–Crippen MR) is 103 cm³/mol. The molecule has 2 aromatic carbocycles. The van der Waals surface area contributed by atoms with E-state index in [0.29, 0.717) is 34.3 Å². The van der Waals surface area contributed by atoms with E-state index in [1.165, 1.54) is 7.11 Å². The normalized spacial score (nSPS) is 25.9. The molecule has 0 unspecified atom stereocenters. The van der Waals surface area contributed by atoms with Gasteiger partial charge in [0.05, 0.1) is 40.0 Å². The maximum atomic E-state index is 12.7. The summed E-state index contributed by atoms with van der Waals surface area (Å²) in [5.74, 6) is 0.989. The number of ether oxygens (including phenoxy) is 6. The third-order valence-electron chi connectivity index (χ3n) is 6.19. The van der Waals surface area contributed by atoms with Crippen molar-refractivity contribution in [2.24, 2.45) is 11.8 Å². The maximum absolute atomic E-state index is 12.7. The topological polar surface area (TPSA) is 92.7 Å². The van der Waals surface area contributed by atoms with Gasteiger partial charge in [0.1, 0.15) is 0 Å². The molecule has 0 saturated carbocycles. The first-order valence-corrected chi connectivity index (χ1v) is 9.65. The van der Waals surface area contributed by atoms with Crippen LogP contribution >= 0.6 is 0 Å². The lowest BCUT2D eigenvalue weighted by Crippen LogP contribution is -2.34. The Kier molecular flexibility index (Phi) is 4.39. The van der Waals surface area contributed by atoms with Crippen molar-refractivity contribution >= 4 is 5.97 Å². The van der Waals surface area contributed by atoms with Crippen LogP contribution in [0.1, 0.15) is 28.7 Å². The zero-order chi connectivity index (χ0) is 21.0.